The molecule has 24 heavy (non-hydrogen) atoms. The second kappa shape index (κ2) is 10.0. The van der Waals surface area contributed by atoms with Crippen LogP contribution in [-0.4, -0.2) is 22.0 Å². The van der Waals surface area contributed by atoms with Crippen molar-refractivity contribution in [3.8, 4) is 0 Å². The van der Waals surface area contributed by atoms with Gasteiger partial charge in [0.2, 0.25) is 0 Å². The maximum Gasteiger partial charge on any atom is 0.257 e. The van der Waals surface area contributed by atoms with Gasteiger partial charge in [-0.2, -0.15) is 0 Å². The minimum atomic E-state index is -0.275. The molecular weight excluding hydrogens is 344 g/mol. The maximum atomic E-state index is 11.2. The molecule has 0 bridgehead atoms. The van der Waals surface area contributed by atoms with E-state index in [0.717, 1.165) is 0 Å². The van der Waals surface area contributed by atoms with E-state index in [1.807, 2.05) is 12.1 Å². The Kier molecular flexibility index (Phi) is 8.03. The smallest absolute Gasteiger partial charge is 0.257 e. The van der Waals surface area contributed by atoms with Crippen molar-refractivity contribution in [2.75, 3.05) is 0 Å². The van der Waals surface area contributed by atoms with Crippen molar-refractivity contribution in [3.05, 3.63) is 71.8 Å². The molecule has 0 saturated carbocycles. The molecule has 0 radical (unpaired) electrons. The van der Waals surface area contributed by atoms with Gasteiger partial charge in [0.1, 0.15) is 0 Å². The fourth-order valence-corrected chi connectivity index (χ4v) is 1.73. The van der Waals surface area contributed by atoms with Gasteiger partial charge in [-0.3, -0.25) is 20.2 Å². The first-order valence-electron chi connectivity index (χ1n) is 6.72. The zero-order chi connectivity index (χ0) is 17.9. The normalized spacial score (nSPS) is 9.00. The van der Waals surface area contributed by atoms with Crippen LogP contribution in [-0.2, 0) is 0 Å². The predicted octanol–water partition coefficient (Wildman–Crippen LogP) is 1.32. The minimum Gasteiger partial charge on any atom is -0.376 e. The number of nitrogens with two attached hydrogens (primary N) is 2. The zero-order valence-electron chi connectivity index (χ0n) is 12.6. The third-order valence-electron chi connectivity index (χ3n) is 2.55. The average molecular weight is 360 g/mol. The summed E-state index contributed by atoms with van der Waals surface area (Å²) in [6, 6.07) is 17.5. The van der Waals surface area contributed by atoms with Gasteiger partial charge in [-0.05, 0) is 48.7 Å². The molecule has 124 valence electrons. The molecule has 0 heterocycles. The van der Waals surface area contributed by atoms with Gasteiger partial charge in [-0.25, -0.2) is 0 Å². The van der Waals surface area contributed by atoms with Gasteiger partial charge in [0.05, 0.1) is 0 Å². The van der Waals surface area contributed by atoms with Crippen molar-refractivity contribution in [2.45, 2.75) is 0 Å². The highest BCUT2D eigenvalue weighted by Gasteiger charge is 2.04. The molecule has 2 rings (SSSR count). The topological polar surface area (TPSA) is 110 Å². The van der Waals surface area contributed by atoms with Crippen molar-refractivity contribution in [3.63, 3.8) is 0 Å². The highest BCUT2D eigenvalue weighted by Crippen LogP contribution is 1.97. The Morgan fingerprint density at radius 2 is 0.958 bits per heavy atom. The number of hydrogen-bond donors (Lipinski definition) is 4. The quantitative estimate of drug-likeness (QED) is 0.601. The lowest BCUT2D eigenvalue weighted by Gasteiger charge is -2.00. The van der Waals surface area contributed by atoms with Gasteiger partial charge in [0.15, 0.2) is 10.2 Å². The molecule has 6 N–H and O–H groups in total. The summed E-state index contributed by atoms with van der Waals surface area (Å²) in [5.41, 5.74) is 11.4. The van der Waals surface area contributed by atoms with E-state index in [2.05, 4.69) is 35.1 Å². The maximum absolute atomic E-state index is 11.2. The van der Waals surface area contributed by atoms with Crippen LogP contribution in [0, 0.1) is 0 Å². The predicted molar refractivity (Wildman–Crippen MR) is 101 cm³/mol. The highest BCUT2D eigenvalue weighted by atomic mass is 32.1. The van der Waals surface area contributed by atoms with E-state index in [1.54, 1.807) is 48.5 Å². The number of rotatable bonds is 2. The number of thiocarbonyl (C=S) groups is 2. The first-order valence-corrected chi connectivity index (χ1v) is 7.53. The molecule has 0 aliphatic heterocycles. The Hall–Kier alpha value is -2.84. The lowest BCUT2D eigenvalue weighted by Crippen LogP contribution is -2.34. The van der Waals surface area contributed by atoms with Crippen LogP contribution in [0.1, 0.15) is 20.7 Å². The molecule has 0 aliphatic carbocycles. The van der Waals surface area contributed by atoms with Gasteiger partial charge >= 0.3 is 0 Å². The molecule has 2 aromatic carbocycles. The first-order chi connectivity index (χ1) is 11.4. The third kappa shape index (κ3) is 7.43. The average Bonchev–Trinajstić information content (AvgIpc) is 2.56. The fraction of sp³-hybridized carbons (Fsp3) is 0. The Labute approximate surface area is 150 Å². The summed E-state index contributed by atoms with van der Waals surface area (Å²) in [6.45, 7) is 0. The van der Waals surface area contributed by atoms with E-state index in [-0.39, 0.29) is 22.0 Å². The molecule has 0 spiro atoms. The van der Waals surface area contributed by atoms with E-state index in [4.69, 9.17) is 11.5 Å². The molecule has 0 saturated heterocycles. The van der Waals surface area contributed by atoms with E-state index in [0.29, 0.717) is 11.1 Å². The van der Waals surface area contributed by atoms with E-state index >= 15 is 0 Å². The van der Waals surface area contributed by atoms with Crippen LogP contribution in [0.3, 0.4) is 0 Å². The fourth-order valence-electron chi connectivity index (χ4n) is 1.55. The van der Waals surface area contributed by atoms with Crippen LogP contribution < -0.4 is 22.1 Å². The highest BCUT2D eigenvalue weighted by molar-refractivity contribution is 7.80. The van der Waals surface area contributed by atoms with Gasteiger partial charge < -0.3 is 11.5 Å². The summed E-state index contributed by atoms with van der Waals surface area (Å²) in [4.78, 5) is 22.4. The summed E-state index contributed by atoms with van der Waals surface area (Å²) < 4.78 is 0. The number of amides is 2. The standard InChI is InChI=1S/2C8H8N2OS/c2*9-8(12)10-7(11)6-4-2-1-3-5-6/h2*1-5H,(H3,9,10,11,12). The number of nitrogens with one attached hydrogen (secondary N) is 2. The molecule has 0 aliphatic rings. The van der Waals surface area contributed by atoms with Crippen molar-refractivity contribution in [2.24, 2.45) is 11.5 Å². The van der Waals surface area contributed by atoms with Gasteiger partial charge in [0, 0.05) is 11.1 Å². The van der Waals surface area contributed by atoms with Crippen molar-refractivity contribution in [1.82, 2.24) is 10.6 Å². The monoisotopic (exact) mass is 360 g/mol. The lowest BCUT2D eigenvalue weighted by atomic mass is 10.2. The zero-order valence-corrected chi connectivity index (χ0v) is 14.2. The van der Waals surface area contributed by atoms with Gasteiger partial charge in [-0.1, -0.05) is 36.4 Å². The molecular formula is C16H16N4O2S2. The van der Waals surface area contributed by atoms with Crippen molar-refractivity contribution < 1.29 is 9.59 Å². The van der Waals surface area contributed by atoms with Crippen LogP contribution in [0.15, 0.2) is 60.7 Å². The van der Waals surface area contributed by atoms with Crippen LogP contribution >= 0.6 is 24.4 Å². The van der Waals surface area contributed by atoms with E-state index in [9.17, 15) is 9.59 Å². The van der Waals surface area contributed by atoms with E-state index < -0.39 is 0 Å². The molecule has 2 aromatic rings. The molecule has 0 unspecified atom stereocenters. The van der Waals surface area contributed by atoms with Crippen LogP contribution in [0.4, 0.5) is 0 Å². The summed E-state index contributed by atoms with van der Waals surface area (Å²) in [7, 11) is 0. The van der Waals surface area contributed by atoms with E-state index in [1.165, 1.54) is 0 Å². The molecule has 0 fully saturated rings. The number of benzene rings is 2. The summed E-state index contributed by atoms with van der Waals surface area (Å²) in [6.07, 6.45) is 0. The second-order valence-corrected chi connectivity index (χ2v) is 5.25. The lowest BCUT2D eigenvalue weighted by molar-refractivity contribution is 0.0969. The molecule has 0 atom stereocenters. The Morgan fingerprint density at radius 3 is 1.21 bits per heavy atom. The van der Waals surface area contributed by atoms with Gasteiger partial charge in [0.25, 0.3) is 11.8 Å². The summed E-state index contributed by atoms with van der Waals surface area (Å²) in [5.74, 6) is -0.550. The second-order valence-electron chi connectivity index (χ2n) is 4.37. The SMILES string of the molecule is NC(=S)NC(=O)c1ccccc1.NC(=S)NC(=O)c1ccccc1. The summed E-state index contributed by atoms with van der Waals surface area (Å²) >= 11 is 9.04. The first kappa shape index (κ1) is 19.2. The number of carbonyl (C=O) groups excluding carboxylic acids is 2. The van der Waals surface area contributed by atoms with Crippen LogP contribution in [0.25, 0.3) is 0 Å². The molecule has 6 nitrogen and oxygen atoms in total. The Balaban J connectivity index is 0.000000240. The van der Waals surface area contributed by atoms with Crippen molar-refractivity contribution >= 4 is 46.5 Å². The van der Waals surface area contributed by atoms with Crippen LogP contribution in [0.5, 0.6) is 0 Å². The van der Waals surface area contributed by atoms with Crippen molar-refractivity contribution in [1.29, 1.82) is 0 Å². The number of carbonyl (C=O) groups is 2. The molecule has 8 heteroatoms. The Morgan fingerprint density at radius 1 is 0.667 bits per heavy atom. The largest absolute Gasteiger partial charge is 0.376 e. The Bertz CT molecular complexity index is 658. The number of hydrogen-bond acceptors (Lipinski definition) is 4. The summed E-state index contributed by atoms with van der Waals surface area (Å²) in [5, 5.41) is 4.64. The van der Waals surface area contributed by atoms with Crippen LogP contribution in [0.2, 0.25) is 0 Å². The van der Waals surface area contributed by atoms with Gasteiger partial charge in [-0.15, -0.1) is 0 Å². The minimum absolute atomic E-state index is 0.0103. The molecule has 2 amide bonds. The molecule has 0 aromatic heterocycles. The third-order valence-corrected chi connectivity index (χ3v) is 2.75.